The minimum absolute atomic E-state index is 0.181. The van der Waals surface area contributed by atoms with Crippen LogP contribution in [0.5, 0.6) is 5.75 Å². The van der Waals surface area contributed by atoms with Crippen LogP contribution in [0.25, 0.3) is 11.0 Å². The van der Waals surface area contributed by atoms with Gasteiger partial charge in [0.25, 0.3) is 0 Å². The molecule has 0 bridgehead atoms. The molecule has 1 unspecified atom stereocenters. The summed E-state index contributed by atoms with van der Waals surface area (Å²) in [7, 11) is 1.63. The highest BCUT2D eigenvalue weighted by Gasteiger charge is 2.35. The first-order chi connectivity index (χ1) is 14.4. The molecule has 0 aliphatic carbocycles. The van der Waals surface area contributed by atoms with Crippen molar-refractivity contribution in [3.05, 3.63) is 39.8 Å². The number of methoxy groups -OCH3 is 1. The third-order valence-electron chi connectivity index (χ3n) is 5.64. The lowest BCUT2D eigenvalue weighted by Crippen LogP contribution is -2.40. The van der Waals surface area contributed by atoms with Crippen molar-refractivity contribution >= 4 is 40.4 Å². The van der Waals surface area contributed by atoms with Crippen LogP contribution in [-0.4, -0.2) is 50.5 Å². The smallest absolute Gasteiger partial charge is 0.164 e. The number of ether oxygens (including phenoxy) is 1. The molecule has 1 fully saturated rings. The van der Waals surface area contributed by atoms with E-state index in [0.29, 0.717) is 27.8 Å². The van der Waals surface area contributed by atoms with Crippen molar-refractivity contribution in [2.45, 2.75) is 25.8 Å². The molecule has 0 saturated carbocycles. The summed E-state index contributed by atoms with van der Waals surface area (Å²) in [5.41, 5.74) is 9.64. The molecule has 0 spiro atoms. The first kappa shape index (κ1) is 20.7. The summed E-state index contributed by atoms with van der Waals surface area (Å²) >= 11 is 8.26. The molecule has 1 saturated heterocycles. The molecule has 2 aromatic heterocycles. The lowest BCUT2D eigenvalue weighted by molar-refractivity contribution is 0.282. The van der Waals surface area contributed by atoms with E-state index < -0.39 is 0 Å². The van der Waals surface area contributed by atoms with E-state index in [1.165, 1.54) is 6.33 Å². The first-order valence-corrected chi connectivity index (χ1v) is 11.0. The van der Waals surface area contributed by atoms with Gasteiger partial charge in [0.2, 0.25) is 0 Å². The number of rotatable bonds is 5. The number of anilines is 1. The topological polar surface area (TPSA) is 106 Å². The Morgan fingerprint density at radius 3 is 2.77 bits per heavy atom. The van der Waals surface area contributed by atoms with Crippen LogP contribution >= 0.6 is 23.5 Å². The maximum atomic E-state index is 9.78. The zero-order valence-corrected chi connectivity index (χ0v) is 18.8. The van der Waals surface area contributed by atoms with Crippen LogP contribution < -0.4 is 10.5 Å². The molecule has 10 heteroatoms. The van der Waals surface area contributed by atoms with Crippen LogP contribution in [0.1, 0.15) is 41.3 Å². The van der Waals surface area contributed by atoms with Crippen LogP contribution in [0.2, 0.25) is 5.02 Å². The van der Waals surface area contributed by atoms with E-state index in [0.717, 1.165) is 35.3 Å². The molecule has 8 nitrogen and oxygen atoms in total. The van der Waals surface area contributed by atoms with Crippen molar-refractivity contribution in [3.63, 3.8) is 0 Å². The van der Waals surface area contributed by atoms with Crippen molar-refractivity contribution in [2.75, 3.05) is 32.2 Å². The number of aryl methyl sites for hydroxylation is 1. The molecule has 30 heavy (non-hydrogen) atoms. The fourth-order valence-electron chi connectivity index (χ4n) is 4.05. The van der Waals surface area contributed by atoms with Crippen molar-refractivity contribution in [3.8, 4) is 11.8 Å². The van der Waals surface area contributed by atoms with Crippen molar-refractivity contribution in [1.82, 2.24) is 24.1 Å². The summed E-state index contributed by atoms with van der Waals surface area (Å²) in [5.74, 6) is 1.26. The number of fused-ring (bicyclic) bond motifs is 1. The molecule has 1 aliphatic rings. The summed E-state index contributed by atoms with van der Waals surface area (Å²) in [5, 5.41) is 15.6. The Hall–Kier alpha value is -2.54. The predicted octanol–water partition coefficient (Wildman–Crippen LogP) is 3.54. The van der Waals surface area contributed by atoms with Gasteiger partial charge in [-0.3, -0.25) is 0 Å². The SMILES string of the molecule is COc1c(C(C)n2nc(C)c3c(N)ncnc32)cc(Cl)c(C#N)c1C1CN(SC)C1. The predicted molar refractivity (Wildman–Crippen MR) is 119 cm³/mol. The second-order valence-electron chi connectivity index (χ2n) is 7.27. The Morgan fingerprint density at radius 2 is 2.13 bits per heavy atom. The zero-order chi connectivity index (χ0) is 21.6. The van der Waals surface area contributed by atoms with Crippen LogP contribution in [0, 0.1) is 18.3 Å². The van der Waals surface area contributed by atoms with Crippen LogP contribution in [0.4, 0.5) is 5.82 Å². The van der Waals surface area contributed by atoms with Gasteiger partial charge in [-0.05, 0) is 26.2 Å². The molecule has 3 heterocycles. The summed E-state index contributed by atoms with van der Waals surface area (Å²) in [6, 6.07) is 3.82. The van der Waals surface area contributed by atoms with E-state index in [1.54, 1.807) is 25.1 Å². The minimum Gasteiger partial charge on any atom is -0.496 e. The molecule has 2 N–H and O–H groups in total. The number of aromatic nitrogens is 4. The average Bonchev–Trinajstić information content (AvgIpc) is 3.04. The highest BCUT2D eigenvalue weighted by Crippen LogP contribution is 2.45. The maximum Gasteiger partial charge on any atom is 0.164 e. The number of nitrogens with two attached hydrogens (primary N) is 1. The van der Waals surface area contributed by atoms with Gasteiger partial charge in [-0.2, -0.15) is 10.4 Å². The Balaban J connectivity index is 1.89. The summed E-state index contributed by atoms with van der Waals surface area (Å²) in [6.07, 6.45) is 3.48. The van der Waals surface area contributed by atoms with Gasteiger partial charge in [-0.25, -0.2) is 19.0 Å². The second kappa shape index (κ2) is 7.95. The summed E-state index contributed by atoms with van der Waals surface area (Å²) < 4.78 is 9.89. The first-order valence-electron chi connectivity index (χ1n) is 9.45. The minimum atomic E-state index is -0.244. The monoisotopic (exact) mass is 443 g/mol. The molecular weight excluding hydrogens is 422 g/mol. The van der Waals surface area contributed by atoms with E-state index in [9.17, 15) is 5.26 Å². The molecule has 3 aromatic rings. The summed E-state index contributed by atoms with van der Waals surface area (Å²) in [4.78, 5) is 8.48. The highest BCUT2D eigenvalue weighted by molar-refractivity contribution is 7.96. The van der Waals surface area contributed by atoms with Gasteiger partial charge in [0, 0.05) is 30.1 Å². The van der Waals surface area contributed by atoms with Gasteiger partial charge in [-0.15, -0.1) is 0 Å². The number of benzene rings is 1. The molecule has 1 atom stereocenters. The fraction of sp³-hybridized carbons (Fsp3) is 0.400. The molecule has 0 amide bonds. The van der Waals surface area contributed by atoms with Gasteiger partial charge < -0.3 is 10.5 Å². The van der Waals surface area contributed by atoms with Gasteiger partial charge >= 0.3 is 0 Å². The largest absolute Gasteiger partial charge is 0.496 e. The van der Waals surface area contributed by atoms with Crippen LogP contribution in [-0.2, 0) is 0 Å². The number of hydrogen-bond acceptors (Lipinski definition) is 8. The standard InChI is InChI=1S/C20H22ClN7OS/c1-10-16-19(23)24-9-25-20(16)28(26-10)11(2)13-5-15(21)14(6-22)17(18(13)29-3)12-7-27(8-12)30-4/h5,9,11-12H,7-8H2,1-4H3,(H2,23,24,25). The number of nitrogens with zero attached hydrogens (tertiary/aromatic N) is 6. The van der Waals surface area contributed by atoms with E-state index >= 15 is 0 Å². The van der Waals surface area contributed by atoms with Gasteiger partial charge in [0.15, 0.2) is 5.65 Å². The second-order valence-corrected chi connectivity index (χ2v) is 8.56. The molecule has 1 aromatic carbocycles. The van der Waals surface area contributed by atoms with Gasteiger partial charge in [0.1, 0.15) is 24.0 Å². The van der Waals surface area contributed by atoms with Crippen molar-refractivity contribution < 1.29 is 4.74 Å². The Labute approximate surface area is 184 Å². The van der Waals surface area contributed by atoms with E-state index in [1.807, 2.05) is 24.8 Å². The van der Waals surface area contributed by atoms with Gasteiger partial charge in [-0.1, -0.05) is 23.5 Å². The highest BCUT2D eigenvalue weighted by atomic mass is 35.5. The normalized spacial score (nSPS) is 15.7. The Kier molecular flexibility index (Phi) is 5.49. The average molecular weight is 444 g/mol. The number of nitriles is 1. The van der Waals surface area contributed by atoms with Crippen LogP contribution in [0.15, 0.2) is 12.4 Å². The lowest BCUT2D eigenvalue weighted by Gasteiger charge is -2.39. The molecule has 156 valence electrons. The van der Waals surface area contributed by atoms with Crippen molar-refractivity contribution in [2.24, 2.45) is 0 Å². The summed E-state index contributed by atoms with van der Waals surface area (Å²) in [6.45, 7) is 5.57. The third kappa shape index (κ3) is 3.16. The van der Waals surface area contributed by atoms with Gasteiger partial charge in [0.05, 0.1) is 34.8 Å². The third-order valence-corrected chi connectivity index (χ3v) is 6.75. The molecule has 0 radical (unpaired) electrons. The fourth-order valence-corrected chi connectivity index (χ4v) is 4.97. The van der Waals surface area contributed by atoms with Crippen LogP contribution in [0.3, 0.4) is 0 Å². The lowest BCUT2D eigenvalue weighted by atomic mass is 9.86. The maximum absolute atomic E-state index is 9.78. The Morgan fingerprint density at radius 1 is 1.40 bits per heavy atom. The zero-order valence-electron chi connectivity index (χ0n) is 17.2. The Bertz CT molecular complexity index is 1170. The number of halogens is 1. The molecular formula is C20H22ClN7OS. The number of hydrogen-bond donors (Lipinski definition) is 1. The molecule has 1 aliphatic heterocycles. The van der Waals surface area contributed by atoms with E-state index in [-0.39, 0.29) is 12.0 Å². The van der Waals surface area contributed by atoms with E-state index in [2.05, 4.69) is 25.4 Å². The quantitative estimate of drug-likeness (QED) is 0.597. The number of nitrogen functional groups attached to an aromatic ring is 1. The van der Waals surface area contributed by atoms with Crippen molar-refractivity contribution in [1.29, 1.82) is 5.26 Å². The molecule has 4 rings (SSSR count). The van der Waals surface area contributed by atoms with E-state index in [4.69, 9.17) is 22.1 Å².